The third-order valence-corrected chi connectivity index (χ3v) is 2.09. The van der Waals surface area contributed by atoms with Gasteiger partial charge in [-0.2, -0.15) is 0 Å². The van der Waals surface area contributed by atoms with Gasteiger partial charge in [-0.1, -0.05) is 0 Å². The molecule has 80 valence electrons. The van der Waals surface area contributed by atoms with E-state index in [0.717, 1.165) is 0 Å². The molecule has 0 aromatic carbocycles. The summed E-state index contributed by atoms with van der Waals surface area (Å²) in [5.41, 5.74) is 0.364. The van der Waals surface area contributed by atoms with Crippen LogP contribution in [-0.2, 0) is 6.42 Å². The van der Waals surface area contributed by atoms with E-state index in [-0.39, 0.29) is 23.5 Å². The third kappa shape index (κ3) is 2.20. The minimum absolute atomic E-state index is 0.0120. The van der Waals surface area contributed by atoms with Crippen molar-refractivity contribution in [1.29, 1.82) is 0 Å². The monoisotopic (exact) mass is 215 g/mol. The van der Waals surface area contributed by atoms with Crippen LogP contribution in [0.5, 0.6) is 0 Å². The van der Waals surface area contributed by atoms with Crippen molar-refractivity contribution in [1.82, 2.24) is 15.0 Å². The maximum absolute atomic E-state index is 11.7. The first-order valence-corrected chi connectivity index (χ1v) is 4.73. The van der Waals surface area contributed by atoms with Crippen LogP contribution in [0.15, 0.2) is 41.7 Å². The van der Waals surface area contributed by atoms with Gasteiger partial charge in [-0.15, -0.1) is 0 Å². The number of H-pyrrole nitrogens is 1. The molecule has 2 aromatic heterocycles. The van der Waals surface area contributed by atoms with E-state index in [0.29, 0.717) is 5.56 Å². The molecule has 0 aliphatic rings. The number of rotatable bonds is 3. The molecule has 0 radical (unpaired) electrons. The number of pyridine rings is 1. The Morgan fingerprint density at radius 2 is 2.25 bits per heavy atom. The number of Topliss-reactive ketones (excluding diaryl/α,β-unsaturated/α-hetero) is 1. The molecule has 2 rings (SSSR count). The van der Waals surface area contributed by atoms with Gasteiger partial charge in [0.1, 0.15) is 5.69 Å². The molecule has 0 bridgehead atoms. The molecule has 0 saturated carbocycles. The van der Waals surface area contributed by atoms with Crippen molar-refractivity contribution in [2.24, 2.45) is 0 Å². The minimum atomic E-state index is -0.334. The van der Waals surface area contributed by atoms with Gasteiger partial charge < -0.3 is 4.98 Å². The van der Waals surface area contributed by atoms with Gasteiger partial charge in [-0.3, -0.25) is 19.6 Å². The fourth-order valence-corrected chi connectivity index (χ4v) is 1.29. The van der Waals surface area contributed by atoms with Gasteiger partial charge in [0.25, 0.3) is 5.56 Å². The van der Waals surface area contributed by atoms with Gasteiger partial charge in [0.15, 0.2) is 5.78 Å². The highest BCUT2D eigenvalue weighted by Gasteiger charge is 2.10. The molecular formula is C11H9N3O2. The predicted octanol–water partition coefficient (Wildman–Crippen LogP) is 0.590. The van der Waals surface area contributed by atoms with Crippen LogP contribution < -0.4 is 5.56 Å². The molecule has 0 saturated heterocycles. The number of hydrogen-bond donors (Lipinski definition) is 1. The summed E-state index contributed by atoms with van der Waals surface area (Å²) in [4.78, 5) is 33.2. The minimum Gasteiger partial charge on any atom is -0.326 e. The van der Waals surface area contributed by atoms with Crippen molar-refractivity contribution >= 4 is 5.78 Å². The van der Waals surface area contributed by atoms with Crippen LogP contribution in [0.3, 0.4) is 0 Å². The summed E-state index contributed by atoms with van der Waals surface area (Å²) in [6.07, 6.45) is 5.93. The number of nitrogens with zero attached hydrogens (tertiary/aromatic N) is 2. The molecule has 0 fully saturated rings. The fourth-order valence-electron chi connectivity index (χ4n) is 1.29. The second-order valence-electron chi connectivity index (χ2n) is 3.21. The SMILES string of the molecule is O=C(Cc1ncc[nH]c1=O)c1cccnc1. The summed E-state index contributed by atoms with van der Waals surface area (Å²) in [6, 6.07) is 3.34. The van der Waals surface area contributed by atoms with Gasteiger partial charge in [0.05, 0.1) is 6.42 Å². The second kappa shape index (κ2) is 4.48. The molecule has 16 heavy (non-hydrogen) atoms. The van der Waals surface area contributed by atoms with Gasteiger partial charge in [0.2, 0.25) is 0 Å². The molecule has 2 heterocycles. The van der Waals surface area contributed by atoms with E-state index in [4.69, 9.17) is 0 Å². The lowest BCUT2D eigenvalue weighted by Crippen LogP contribution is -2.17. The summed E-state index contributed by atoms with van der Waals surface area (Å²) in [7, 11) is 0. The van der Waals surface area contributed by atoms with E-state index >= 15 is 0 Å². The van der Waals surface area contributed by atoms with Crippen molar-refractivity contribution in [2.45, 2.75) is 6.42 Å². The van der Waals surface area contributed by atoms with Gasteiger partial charge in [0, 0.05) is 30.4 Å². The zero-order chi connectivity index (χ0) is 11.4. The number of aromatic amines is 1. The molecule has 5 nitrogen and oxygen atoms in total. The Morgan fingerprint density at radius 1 is 1.38 bits per heavy atom. The van der Waals surface area contributed by atoms with Crippen LogP contribution in [0.25, 0.3) is 0 Å². The first kappa shape index (κ1) is 10.2. The topological polar surface area (TPSA) is 75.7 Å². The first-order chi connectivity index (χ1) is 7.77. The van der Waals surface area contributed by atoms with E-state index in [1.165, 1.54) is 18.6 Å². The number of carbonyl (C=O) groups is 1. The van der Waals surface area contributed by atoms with Crippen LogP contribution in [0.4, 0.5) is 0 Å². The average Bonchev–Trinajstić information content (AvgIpc) is 2.33. The lowest BCUT2D eigenvalue weighted by molar-refractivity contribution is 0.0991. The molecule has 0 amide bonds. The summed E-state index contributed by atoms with van der Waals surface area (Å²) >= 11 is 0. The molecule has 0 atom stereocenters. The molecule has 0 spiro atoms. The van der Waals surface area contributed by atoms with Crippen molar-refractivity contribution in [2.75, 3.05) is 0 Å². The molecule has 0 aliphatic heterocycles. The molecule has 2 aromatic rings. The van der Waals surface area contributed by atoms with Crippen molar-refractivity contribution in [3.8, 4) is 0 Å². The van der Waals surface area contributed by atoms with E-state index in [9.17, 15) is 9.59 Å². The van der Waals surface area contributed by atoms with Crippen LogP contribution in [0.1, 0.15) is 16.1 Å². The quantitative estimate of drug-likeness (QED) is 0.760. The predicted molar refractivity (Wildman–Crippen MR) is 57.1 cm³/mol. The smallest absolute Gasteiger partial charge is 0.270 e. The largest absolute Gasteiger partial charge is 0.326 e. The molecule has 1 N–H and O–H groups in total. The Hall–Kier alpha value is -2.30. The van der Waals surface area contributed by atoms with Gasteiger partial charge in [-0.25, -0.2) is 0 Å². The lowest BCUT2D eigenvalue weighted by Gasteiger charge is -1.98. The molecule has 5 heteroatoms. The summed E-state index contributed by atoms with van der Waals surface area (Å²) in [5.74, 6) is -0.169. The zero-order valence-electron chi connectivity index (χ0n) is 8.38. The highest BCUT2D eigenvalue weighted by atomic mass is 16.1. The van der Waals surface area contributed by atoms with Crippen LogP contribution in [0, 0.1) is 0 Å². The average molecular weight is 215 g/mol. The maximum Gasteiger partial charge on any atom is 0.270 e. The number of ketones is 1. The number of nitrogens with one attached hydrogen (secondary N) is 1. The number of carbonyl (C=O) groups excluding carboxylic acids is 1. The Bertz CT molecular complexity index is 548. The maximum atomic E-state index is 11.7. The molecule has 0 unspecified atom stereocenters. The van der Waals surface area contributed by atoms with Gasteiger partial charge in [-0.05, 0) is 12.1 Å². The Kier molecular flexibility index (Phi) is 2.86. The highest BCUT2D eigenvalue weighted by molar-refractivity contribution is 5.96. The van der Waals surface area contributed by atoms with E-state index in [2.05, 4.69) is 15.0 Å². The Labute approximate surface area is 91.2 Å². The van der Waals surface area contributed by atoms with Crippen molar-refractivity contribution < 1.29 is 4.79 Å². The van der Waals surface area contributed by atoms with E-state index in [1.54, 1.807) is 18.3 Å². The van der Waals surface area contributed by atoms with E-state index < -0.39 is 0 Å². The van der Waals surface area contributed by atoms with Crippen LogP contribution >= 0.6 is 0 Å². The molecular weight excluding hydrogens is 206 g/mol. The fraction of sp³-hybridized carbons (Fsp3) is 0.0909. The molecule has 0 aliphatic carbocycles. The van der Waals surface area contributed by atoms with Crippen LogP contribution in [-0.4, -0.2) is 20.7 Å². The Balaban J connectivity index is 2.21. The third-order valence-electron chi connectivity index (χ3n) is 2.09. The van der Waals surface area contributed by atoms with Crippen molar-refractivity contribution in [3.63, 3.8) is 0 Å². The van der Waals surface area contributed by atoms with Gasteiger partial charge >= 0.3 is 0 Å². The Morgan fingerprint density at radius 3 is 2.94 bits per heavy atom. The lowest BCUT2D eigenvalue weighted by atomic mass is 10.1. The second-order valence-corrected chi connectivity index (χ2v) is 3.21. The summed E-state index contributed by atoms with van der Waals surface area (Å²) < 4.78 is 0. The number of aromatic nitrogens is 3. The summed E-state index contributed by atoms with van der Waals surface area (Å²) in [6.45, 7) is 0. The highest BCUT2D eigenvalue weighted by Crippen LogP contribution is 2.00. The number of hydrogen-bond acceptors (Lipinski definition) is 4. The zero-order valence-corrected chi connectivity index (χ0v) is 8.38. The first-order valence-electron chi connectivity index (χ1n) is 4.73. The van der Waals surface area contributed by atoms with E-state index in [1.807, 2.05) is 0 Å². The van der Waals surface area contributed by atoms with Crippen LogP contribution in [0.2, 0.25) is 0 Å². The normalized spacial score (nSPS) is 10.0. The standard InChI is InChI=1S/C11H9N3O2/c15-10(8-2-1-3-12-7-8)6-9-11(16)14-5-4-13-9/h1-5,7H,6H2,(H,14,16). The van der Waals surface area contributed by atoms with Crippen molar-refractivity contribution in [3.05, 3.63) is 58.5 Å². The summed E-state index contributed by atoms with van der Waals surface area (Å²) in [5, 5.41) is 0.